The van der Waals surface area contributed by atoms with E-state index in [1.165, 1.54) is 60.4 Å². The van der Waals surface area contributed by atoms with Crippen LogP contribution in [0.15, 0.2) is 218 Å². The number of fused-ring (bicyclic) bond motifs is 4. The van der Waals surface area contributed by atoms with E-state index in [1.807, 2.05) is 0 Å². The first-order chi connectivity index (χ1) is 26.8. The standard InChI is InChI=1S/C52H36N2/c1-4-15-37(16-5-1)39-29-31-44(32-30-39)53(49-25-13-12-23-46(49)40-18-6-2-7-19-40)45-33-34-48-51(36-45)54(43-21-8-3-9-22-43)50-26-14-24-47(52(48)50)42-28-27-38-17-10-11-20-41(38)35-42/h1-36H. The number of para-hydroxylation sites is 2. The van der Waals surface area contributed by atoms with E-state index in [0.29, 0.717) is 0 Å². The minimum absolute atomic E-state index is 1.09. The highest BCUT2D eigenvalue weighted by molar-refractivity contribution is 6.17. The molecule has 0 spiro atoms. The number of hydrogen-bond acceptors (Lipinski definition) is 1. The molecule has 2 nitrogen and oxygen atoms in total. The summed E-state index contributed by atoms with van der Waals surface area (Å²) in [7, 11) is 0. The van der Waals surface area contributed by atoms with Gasteiger partial charge in [0, 0.05) is 33.4 Å². The van der Waals surface area contributed by atoms with Gasteiger partial charge in [-0.05, 0) is 93.2 Å². The Balaban J connectivity index is 1.22. The zero-order valence-corrected chi connectivity index (χ0v) is 29.7. The lowest BCUT2D eigenvalue weighted by Gasteiger charge is -2.28. The first kappa shape index (κ1) is 31.6. The molecule has 10 aromatic rings. The normalized spacial score (nSPS) is 11.3. The van der Waals surface area contributed by atoms with Crippen molar-refractivity contribution in [2.24, 2.45) is 0 Å². The maximum Gasteiger partial charge on any atom is 0.0562 e. The Morgan fingerprint density at radius 3 is 1.70 bits per heavy atom. The van der Waals surface area contributed by atoms with Crippen LogP contribution in [0.3, 0.4) is 0 Å². The van der Waals surface area contributed by atoms with E-state index < -0.39 is 0 Å². The van der Waals surface area contributed by atoms with Crippen molar-refractivity contribution in [2.75, 3.05) is 4.90 Å². The van der Waals surface area contributed by atoms with Gasteiger partial charge in [0.25, 0.3) is 0 Å². The van der Waals surface area contributed by atoms with Crippen LogP contribution in [0, 0.1) is 0 Å². The first-order valence-corrected chi connectivity index (χ1v) is 18.5. The van der Waals surface area contributed by atoms with Gasteiger partial charge >= 0.3 is 0 Å². The van der Waals surface area contributed by atoms with Gasteiger partial charge < -0.3 is 9.47 Å². The number of benzene rings is 9. The zero-order chi connectivity index (χ0) is 35.8. The molecule has 0 N–H and O–H groups in total. The molecule has 0 saturated heterocycles. The van der Waals surface area contributed by atoms with Crippen LogP contribution in [0.5, 0.6) is 0 Å². The minimum Gasteiger partial charge on any atom is -0.310 e. The Morgan fingerprint density at radius 2 is 0.926 bits per heavy atom. The molecule has 0 bridgehead atoms. The predicted octanol–water partition coefficient (Wildman–Crippen LogP) is 14.4. The summed E-state index contributed by atoms with van der Waals surface area (Å²) in [6, 6.07) is 78.9. The van der Waals surface area contributed by atoms with Crippen molar-refractivity contribution in [3.63, 3.8) is 0 Å². The lowest BCUT2D eigenvalue weighted by molar-refractivity contribution is 1.18. The zero-order valence-electron chi connectivity index (χ0n) is 29.7. The van der Waals surface area contributed by atoms with Crippen LogP contribution in [0.1, 0.15) is 0 Å². The molecule has 0 aliphatic carbocycles. The van der Waals surface area contributed by atoms with Crippen molar-refractivity contribution in [1.29, 1.82) is 0 Å². The molecule has 0 amide bonds. The molecule has 0 radical (unpaired) electrons. The lowest BCUT2D eigenvalue weighted by atomic mass is 9.97. The lowest BCUT2D eigenvalue weighted by Crippen LogP contribution is -2.11. The summed E-state index contributed by atoms with van der Waals surface area (Å²) < 4.78 is 2.43. The summed E-state index contributed by atoms with van der Waals surface area (Å²) in [5.74, 6) is 0. The van der Waals surface area contributed by atoms with Crippen LogP contribution < -0.4 is 4.90 Å². The quantitative estimate of drug-likeness (QED) is 0.162. The van der Waals surface area contributed by atoms with Gasteiger partial charge in [0.15, 0.2) is 0 Å². The fourth-order valence-corrected chi connectivity index (χ4v) is 8.04. The summed E-state index contributed by atoms with van der Waals surface area (Å²) in [6.45, 7) is 0. The molecule has 10 rings (SSSR count). The maximum atomic E-state index is 2.43. The van der Waals surface area contributed by atoms with Crippen LogP contribution in [0.25, 0.3) is 71.6 Å². The highest BCUT2D eigenvalue weighted by Crippen LogP contribution is 2.45. The van der Waals surface area contributed by atoms with Gasteiger partial charge in [0.05, 0.1) is 16.7 Å². The number of rotatable bonds is 7. The second-order valence-corrected chi connectivity index (χ2v) is 13.8. The number of anilines is 3. The third-order valence-corrected chi connectivity index (χ3v) is 10.6. The molecule has 1 aromatic heterocycles. The Labute approximate surface area is 315 Å². The molecular formula is C52H36N2. The van der Waals surface area contributed by atoms with Gasteiger partial charge in [-0.15, -0.1) is 0 Å². The number of hydrogen-bond donors (Lipinski definition) is 0. The molecule has 0 saturated carbocycles. The Hall–Kier alpha value is -7.16. The second kappa shape index (κ2) is 13.4. The molecule has 0 aliphatic heterocycles. The molecule has 0 aliphatic rings. The molecule has 254 valence electrons. The first-order valence-electron chi connectivity index (χ1n) is 18.5. The average molecular weight is 689 g/mol. The van der Waals surface area contributed by atoms with E-state index in [4.69, 9.17) is 0 Å². The van der Waals surface area contributed by atoms with Crippen molar-refractivity contribution in [1.82, 2.24) is 4.57 Å². The van der Waals surface area contributed by atoms with Gasteiger partial charge in [0.1, 0.15) is 0 Å². The fourth-order valence-electron chi connectivity index (χ4n) is 8.04. The van der Waals surface area contributed by atoms with Gasteiger partial charge in [-0.25, -0.2) is 0 Å². The molecule has 0 atom stereocenters. The van der Waals surface area contributed by atoms with E-state index >= 15 is 0 Å². The van der Waals surface area contributed by atoms with Crippen molar-refractivity contribution in [2.45, 2.75) is 0 Å². The monoisotopic (exact) mass is 688 g/mol. The van der Waals surface area contributed by atoms with E-state index in [-0.39, 0.29) is 0 Å². The molecule has 0 unspecified atom stereocenters. The molecule has 2 heteroatoms. The summed E-state index contributed by atoms with van der Waals surface area (Å²) in [4.78, 5) is 2.41. The summed E-state index contributed by atoms with van der Waals surface area (Å²) in [5.41, 5.74) is 14.0. The molecule has 0 fully saturated rings. The summed E-state index contributed by atoms with van der Waals surface area (Å²) in [6.07, 6.45) is 0. The van der Waals surface area contributed by atoms with E-state index in [0.717, 1.165) is 28.3 Å². The van der Waals surface area contributed by atoms with Crippen LogP contribution in [-0.4, -0.2) is 4.57 Å². The highest BCUT2D eigenvalue weighted by Gasteiger charge is 2.21. The number of nitrogens with zero attached hydrogens (tertiary/aromatic N) is 2. The van der Waals surface area contributed by atoms with Gasteiger partial charge in [-0.3, -0.25) is 0 Å². The van der Waals surface area contributed by atoms with Crippen molar-refractivity contribution in [3.8, 4) is 39.1 Å². The van der Waals surface area contributed by atoms with Crippen LogP contribution in [-0.2, 0) is 0 Å². The topological polar surface area (TPSA) is 8.17 Å². The average Bonchev–Trinajstić information content (AvgIpc) is 3.59. The van der Waals surface area contributed by atoms with Crippen molar-refractivity contribution < 1.29 is 0 Å². The summed E-state index contributed by atoms with van der Waals surface area (Å²) >= 11 is 0. The third kappa shape index (κ3) is 5.53. The Bertz CT molecular complexity index is 2910. The van der Waals surface area contributed by atoms with Crippen molar-refractivity contribution >= 4 is 49.6 Å². The third-order valence-electron chi connectivity index (χ3n) is 10.6. The Morgan fingerprint density at radius 1 is 0.333 bits per heavy atom. The van der Waals surface area contributed by atoms with E-state index in [9.17, 15) is 0 Å². The van der Waals surface area contributed by atoms with Crippen LogP contribution in [0.4, 0.5) is 17.1 Å². The molecule has 54 heavy (non-hydrogen) atoms. The Kier molecular flexibility index (Phi) is 7.85. The van der Waals surface area contributed by atoms with Gasteiger partial charge in [0.2, 0.25) is 0 Å². The van der Waals surface area contributed by atoms with Gasteiger partial charge in [-0.1, -0.05) is 164 Å². The maximum absolute atomic E-state index is 2.43. The van der Waals surface area contributed by atoms with E-state index in [1.54, 1.807) is 0 Å². The largest absolute Gasteiger partial charge is 0.310 e. The predicted molar refractivity (Wildman–Crippen MR) is 229 cm³/mol. The SMILES string of the molecule is c1ccc(-c2ccc(N(c3ccc4c5c(-c6ccc7ccccc7c6)cccc5n(-c5ccccc5)c4c3)c3ccccc3-c3ccccc3)cc2)cc1. The van der Waals surface area contributed by atoms with Crippen LogP contribution >= 0.6 is 0 Å². The smallest absolute Gasteiger partial charge is 0.0562 e. The minimum atomic E-state index is 1.09. The molecular weight excluding hydrogens is 653 g/mol. The second-order valence-electron chi connectivity index (χ2n) is 13.8. The van der Waals surface area contributed by atoms with Gasteiger partial charge in [-0.2, -0.15) is 0 Å². The van der Waals surface area contributed by atoms with E-state index in [2.05, 4.69) is 228 Å². The van der Waals surface area contributed by atoms with Crippen molar-refractivity contribution in [3.05, 3.63) is 218 Å². The number of aromatic nitrogens is 1. The highest BCUT2D eigenvalue weighted by atomic mass is 15.1. The summed E-state index contributed by atoms with van der Waals surface area (Å²) in [5, 5.41) is 4.96. The fraction of sp³-hybridized carbons (Fsp3) is 0. The molecule has 1 heterocycles. The molecule has 9 aromatic carbocycles. The van der Waals surface area contributed by atoms with Crippen LogP contribution in [0.2, 0.25) is 0 Å².